The number of hydrogen-bond acceptors (Lipinski definition) is 17. The molecule has 0 aromatic heterocycles. The van der Waals surface area contributed by atoms with Crippen molar-refractivity contribution in [2.75, 3.05) is 26.3 Å². The van der Waals surface area contributed by atoms with E-state index in [0.717, 1.165) is 6.92 Å². The van der Waals surface area contributed by atoms with Gasteiger partial charge < -0.3 is 89.4 Å². The van der Waals surface area contributed by atoms with Gasteiger partial charge in [0.25, 0.3) is 0 Å². The van der Waals surface area contributed by atoms with Crippen LogP contribution in [0.1, 0.15) is 132 Å². The number of carboxylic acid groups (broad SMARTS) is 2. The van der Waals surface area contributed by atoms with Gasteiger partial charge in [-0.25, -0.2) is 0 Å². The summed E-state index contributed by atoms with van der Waals surface area (Å²) < 4.78 is 11.5. The summed E-state index contributed by atoms with van der Waals surface area (Å²) >= 11 is 0. The molecule has 1 rings (SSSR count). The lowest BCUT2D eigenvalue weighted by atomic mass is 9.97. The Morgan fingerprint density at radius 1 is 0.554 bits per heavy atom. The number of aliphatic carboxylic acids is 2. The fraction of sp³-hybridized carbons (Fsp3) is 0.812. The van der Waals surface area contributed by atoms with Crippen molar-refractivity contribution in [1.82, 2.24) is 37.2 Å². The number of carboxylic acids is 2. The normalized spacial score (nSPS) is 20.5. The van der Waals surface area contributed by atoms with Crippen LogP contribution >= 0.6 is 0 Å². The van der Waals surface area contributed by atoms with Crippen molar-refractivity contribution in [1.29, 1.82) is 0 Å². The molecule has 0 aromatic carbocycles. The molecule has 12 atom stereocenters. The van der Waals surface area contributed by atoms with E-state index in [-0.39, 0.29) is 62.8 Å². The first kappa shape index (κ1) is 66.9. The zero-order valence-electron chi connectivity index (χ0n) is 44.1. The molecule has 1 aliphatic heterocycles. The smallest absolute Gasteiger partial charge is 0.305 e. The summed E-state index contributed by atoms with van der Waals surface area (Å²) in [6.07, 6.45) is -6.89. The minimum Gasteiger partial charge on any atom is -0.481 e. The molecule has 1 saturated heterocycles. The molecule has 426 valence electrons. The van der Waals surface area contributed by atoms with Crippen LogP contribution in [0, 0.1) is 17.8 Å². The second kappa shape index (κ2) is 35.2. The highest BCUT2D eigenvalue weighted by Crippen LogP contribution is 2.23. The fourth-order valence-electron chi connectivity index (χ4n) is 7.99. The van der Waals surface area contributed by atoms with E-state index >= 15 is 0 Å². The molecular weight excluding hydrogens is 973 g/mol. The molecule has 74 heavy (non-hydrogen) atoms. The number of nitrogens with two attached hydrogens (primary N) is 3. The first-order valence-corrected chi connectivity index (χ1v) is 25.6. The standard InChI is InChI=1S/C48H88N10O16/c1-25(2)33(51)20-41(65)56-32(24-73-48-45(52-28(7)60)47(72)46(71)36(23-59)74-48)19-38(62)55-31(12-13-43(67)68)18-40(64)57-34(26(3)4)21-42(66)54-29(10-8-14-49)16-37(61)53-30(11-9-15-50)17-39(63)58-35(27(5)6)22-44(69)70/h25-27,29-36,45-48,59,71-72H,8-24,49-51H2,1-7H3,(H,52,60)(H,53,61)(H,54,66)(H,55,62)(H,56,65)(H,57,64)(H,58,63)(H,67,68)(H,69,70)/t29-,30-,31-,32+,33+,34+,35+,36+,45+,46-,47+,48-/m0/s1. The number of ether oxygens (including phenoxy) is 2. The summed E-state index contributed by atoms with van der Waals surface area (Å²) in [6, 6.07) is -6.77. The van der Waals surface area contributed by atoms with Crippen molar-refractivity contribution in [2.45, 2.75) is 205 Å². The Kier molecular flexibility index (Phi) is 31.9. The number of aliphatic hydroxyl groups excluding tert-OH is 3. The van der Waals surface area contributed by atoms with Gasteiger partial charge in [-0.1, -0.05) is 41.5 Å². The molecule has 7 amide bonds. The van der Waals surface area contributed by atoms with E-state index in [2.05, 4.69) is 37.2 Å². The fourth-order valence-corrected chi connectivity index (χ4v) is 7.99. The molecule has 26 nitrogen and oxygen atoms in total. The van der Waals surface area contributed by atoms with E-state index < -0.39 is 159 Å². The number of rotatable bonds is 37. The summed E-state index contributed by atoms with van der Waals surface area (Å²) in [4.78, 5) is 115. The minimum atomic E-state index is -1.64. The molecule has 0 spiro atoms. The van der Waals surface area contributed by atoms with E-state index in [4.69, 9.17) is 26.7 Å². The van der Waals surface area contributed by atoms with Crippen LogP contribution in [0.25, 0.3) is 0 Å². The molecule has 0 saturated carbocycles. The summed E-state index contributed by atoms with van der Waals surface area (Å²) in [6.45, 7) is 11.2. The highest BCUT2D eigenvalue weighted by molar-refractivity contribution is 5.84. The van der Waals surface area contributed by atoms with Gasteiger partial charge in [-0.3, -0.25) is 43.2 Å². The van der Waals surface area contributed by atoms with Gasteiger partial charge in [0.15, 0.2) is 6.29 Å². The lowest BCUT2D eigenvalue weighted by Gasteiger charge is -2.42. The SMILES string of the molecule is CC(=O)N[C@H]1[C@@H](OC[C@@H](CC(=O)N[C@@H](CCC(=O)O)CC(=O)N[C@H](CC(=O)N[C@@H](CCCN)CC(=O)N[C@@H](CCCN)CC(=O)N[C@H](CC(=O)O)C(C)C)C(C)C)NC(=O)C[C@@H](N)C(C)C)O[C@H](CO)[C@H](O)[C@@H]1O. The molecule has 0 aliphatic carbocycles. The maximum Gasteiger partial charge on any atom is 0.305 e. The van der Waals surface area contributed by atoms with Crippen molar-refractivity contribution in [3.8, 4) is 0 Å². The van der Waals surface area contributed by atoms with Crippen molar-refractivity contribution in [2.24, 2.45) is 35.0 Å². The van der Waals surface area contributed by atoms with Gasteiger partial charge in [0.2, 0.25) is 41.4 Å². The Bertz CT molecular complexity index is 1790. The van der Waals surface area contributed by atoms with Gasteiger partial charge in [-0.15, -0.1) is 0 Å². The van der Waals surface area contributed by atoms with E-state index in [1.807, 2.05) is 13.8 Å². The second-order valence-corrected chi connectivity index (χ2v) is 20.2. The molecule has 1 heterocycles. The van der Waals surface area contributed by atoms with Gasteiger partial charge in [0.05, 0.1) is 25.7 Å². The Balaban J connectivity index is 3.18. The lowest BCUT2D eigenvalue weighted by molar-refractivity contribution is -0.271. The molecule has 1 fully saturated rings. The first-order valence-electron chi connectivity index (χ1n) is 25.6. The average Bonchev–Trinajstić information content (AvgIpc) is 3.29. The van der Waals surface area contributed by atoms with Gasteiger partial charge in [0.1, 0.15) is 24.4 Å². The van der Waals surface area contributed by atoms with E-state index in [1.54, 1.807) is 27.7 Å². The zero-order chi connectivity index (χ0) is 56.2. The maximum absolute atomic E-state index is 13.7. The number of nitrogens with one attached hydrogen (secondary N) is 7. The summed E-state index contributed by atoms with van der Waals surface area (Å²) in [5.41, 5.74) is 17.6. The molecule has 0 aromatic rings. The van der Waals surface area contributed by atoms with E-state index in [0.29, 0.717) is 32.2 Å². The third-order valence-corrected chi connectivity index (χ3v) is 12.5. The van der Waals surface area contributed by atoms with Gasteiger partial charge in [0, 0.05) is 88.1 Å². The van der Waals surface area contributed by atoms with Crippen molar-refractivity contribution < 1.29 is 78.2 Å². The van der Waals surface area contributed by atoms with Crippen molar-refractivity contribution >= 4 is 53.3 Å². The van der Waals surface area contributed by atoms with Crippen LogP contribution in [0.15, 0.2) is 0 Å². The number of amides is 7. The average molecular weight is 1060 g/mol. The number of carbonyl (C=O) groups excluding carboxylic acids is 7. The Hall–Kier alpha value is -5.09. The maximum atomic E-state index is 13.7. The third kappa shape index (κ3) is 27.4. The van der Waals surface area contributed by atoms with Crippen LogP contribution in [0.5, 0.6) is 0 Å². The zero-order valence-corrected chi connectivity index (χ0v) is 44.1. The highest BCUT2D eigenvalue weighted by atomic mass is 16.7. The van der Waals surface area contributed by atoms with Crippen LogP contribution < -0.4 is 54.4 Å². The minimum absolute atomic E-state index is 0.0862. The van der Waals surface area contributed by atoms with Gasteiger partial charge in [-0.05, 0) is 62.9 Å². The number of aliphatic hydroxyl groups is 3. The predicted molar refractivity (Wildman–Crippen MR) is 269 cm³/mol. The Morgan fingerprint density at radius 3 is 1.39 bits per heavy atom. The number of hydrogen-bond donors (Lipinski definition) is 15. The quantitative estimate of drug-likeness (QED) is 0.0301. The topological polar surface area (TPSA) is 436 Å². The molecular formula is C48H88N10O16. The first-order chi connectivity index (χ1) is 34.7. The number of carbonyl (C=O) groups is 9. The monoisotopic (exact) mass is 1060 g/mol. The van der Waals surface area contributed by atoms with Crippen LogP contribution in [-0.4, -0.2) is 178 Å². The molecule has 1 aliphatic rings. The predicted octanol–water partition coefficient (Wildman–Crippen LogP) is -2.69. The van der Waals surface area contributed by atoms with Crippen LogP contribution in [0.3, 0.4) is 0 Å². The van der Waals surface area contributed by atoms with E-state index in [1.165, 1.54) is 0 Å². The highest BCUT2D eigenvalue weighted by Gasteiger charge is 2.45. The Morgan fingerprint density at radius 2 is 0.973 bits per heavy atom. The summed E-state index contributed by atoms with van der Waals surface area (Å²) in [5.74, 6) is -6.77. The van der Waals surface area contributed by atoms with Crippen molar-refractivity contribution in [3.63, 3.8) is 0 Å². The molecule has 0 radical (unpaired) electrons. The van der Waals surface area contributed by atoms with Crippen LogP contribution in [-0.2, 0) is 52.6 Å². The molecule has 0 bridgehead atoms. The van der Waals surface area contributed by atoms with E-state index in [9.17, 15) is 68.7 Å². The summed E-state index contributed by atoms with van der Waals surface area (Å²) in [5, 5.41) is 68.7. The van der Waals surface area contributed by atoms with Gasteiger partial charge >= 0.3 is 11.9 Å². The van der Waals surface area contributed by atoms with Gasteiger partial charge in [-0.2, -0.15) is 0 Å². The van der Waals surface area contributed by atoms with Crippen LogP contribution in [0.4, 0.5) is 0 Å². The molecule has 0 unspecified atom stereocenters. The molecule has 18 N–H and O–H groups in total. The van der Waals surface area contributed by atoms with Crippen LogP contribution in [0.2, 0.25) is 0 Å². The summed E-state index contributed by atoms with van der Waals surface area (Å²) in [7, 11) is 0. The van der Waals surface area contributed by atoms with Crippen molar-refractivity contribution in [3.05, 3.63) is 0 Å². The molecule has 26 heteroatoms. The second-order valence-electron chi connectivity index (χ2n) is 20.2. The largest absolute Gasteiger partial charge is 0.481 e. The third-order valence-electron chi connectivity index (χ3n) is 12.5. The lowest BCUT2D eigenvalue weighted by Crippen LogP contribution is -2.65. The Labute approximate surface area is 433 Å².